The van der Waals surface area contributed by atoms with Crippen molar-refractivity contribution in [1.29, 1.82) is 0 Å². The number of carbonyl (C=O) groups is 4. The van der Waals surface area contributed by atoms with Gasteiger partial charge in [-0.05, 0) is 75.8 Å². The molecule has 11 atom stereocenters. The number of pyridine rings is 1. The first-order chi connectivity index (χ1) is 25.0. The van der Waals surface area contributed by atoms with Crippen molar-refractivity contribution < 1.29 is 43.2 Å². The number of aliphatic hydroxyl groups is 1. The van der Waals surface area contributed by atoms with Gasteiger partial charge in [0.2, 0.25) is 0 Å². The highest BCUT2D eigenvalue weighted by atomic mass is 16.7. The Balaban J connectivity index is 1.43. The van der Waals surface area contributed by atoms with Crippen LogP contribution in [-0.2, 0) is 39.9 Å². The van der Waals surface area contributed by atoms with Crippen molar-refractivity contribution in [3.8, 4) is 0 Å². The van der Waals surface area contributed by atoms with Gasteiger partial charge in [0.25, 0.3) is 0 Å². The molecule has 3 fully saturated rings. The van der Waals surface area contributed by atoms with Gasteiger partial charge in [0.1, 0.15) is 23.9 Å². The molecule has 3 saturated heterocycles. The largest absolute Gasteiger partial charge is 0.457 e. The fourth-order valence-corrected chi connectivity index (χ4v) is 9.04. The summed E-state index contributed by atoms with van der Waals surface area (Å²) < 4.78 is 27.0. The van der Waals surface area contributed by atoms with Crippen LogP contribution in [0.3, 0.4) is 0 Å². The molecule has 0 saturated carbocycles. The predicted molar refractivity (Wildman–Crippen MR) is 196 cm³/mol. The number of nitrogens with zero attached hydrogens (tertiary/aromatic N) is 4. The molecule has 5 heterocycles. The monoisotopic (exact) mass is 740 g/mol. The van der Waals surface area contributed by atoms with E-state index in [1.807, 2.05) is 65.2 Å². The van der Waals surface area contributed by atoms with Gasteiger partial charge in [0, 0.05) is 37.5 Å². The van der Waals surface area contributed by atoms with Crippen LogP contribution in [0, 0.1) is 29.1 Å². The third-order valence-corrected chi connectivity index (χ3v) is 12.1. The van der Waals surface area contributed by atoms with E-state index in [4.69, 9.17) is 18.9 Å². The quantitative estimate of drug-likeness (QED) is 0.186. The minimum Gasteiger partial charge on any atom is -0.457 e. The maximum Gasteiger partial charge on any atom is 0.410 e. The molecule has 294 valence electrons. The summed E-state index contributed by atoms with van der Waals surface area (Å²) >= 11 is 0. The first-order valence-electron chi connectivity index (χ1n) is 19.6. The second-order valence-corrected chi connectivity index (χ2v) is 16.5. The molecule has 0 radical (unpaired) electrons. The Morgan fingerprint density at radius 1 is 1.02 bits per heavy atom. The molecule has 53 heavy (non-hydrogen) atoms. The molecule has 0 bridgehead atoms. The van der Waals surface area contributed by atoms with E-state index in [1.54, 1.807) is 24.3 Å². The molecule has 13 nitrogen and oxygen atoms in total. The number of esters is 1. The smallest absolute Gasteiger partial charge is 0.410 e. The summed E-state index contributed by atoms with van der Waals surface area (Å²) in [4.78, 5) is 66.4. The maximum atomic E-state index is 14.3. The van der Waals surface area contributed by atoms with Gasteiger partial charge in [0.05, 0.1) is 30.1 Å². The van der Waals surface area contributed by atoms with E-state index in [2.05, 4.69) is 9.97 Å². The van der Waals surface area contributed by atoms with Crippen LogP contribution in [0.15, 0.2) is 24.7 Å². The lowest BCUT2D eigenvalue weighted by atomic mass is 9.70. The Morgan fingerprint density at radius 3 is 2.43 bits per heavy atom. The Labute approximate surface area is 313 Å². The number of aromatic nitrogens is 3. The topological polar surface area (TPSA) is 159 Å². The second-order valence-electron chi connectivity index (χ2n) is 16.5. The molecular formula is C40H60N4O9. The van der Waals surface area contributed by atoms with Crippen LogP contribution in [0.2, 0.25) is 0 Å². The Hall–Kier alpha value is -3.42. The molecule has 13 heteroatoms. The summed E-state index contributed by atoms with van der Waals surface area (Å²) in [5.74, 6) is -3.68. The Morgan fingerprint density at radius 2 is 1.74 bits per heavy atom. The fourth-order valence-electron chi connectivity index (χ4n) is 9.04. The average molecular weight is 741 g/mol. The van der Waals surface area contributed by atoms with Crippen molar-refractivity contribution in [2.24, 2.45) is 29.1 Å². The first-order valence-corrected chi connectivity index (χ1v) is 19.6. The molecule has 3 aliphatic rings. The maximum absolute atomic E-state index is 14.3. The number of cyclic esters (lactones) is 1. The molecule has 5 rings (SSSR count). The zero-order chi connectivity index (χ0) is 38.8. The molecule has 0 aliphatic carbocycles. The summed E-state index contributed by atoms with van der Waals surface area (Å²) in [6.45, 7) is 17.6. The van der Waals surface area contributed by atoms with Crippen LogP contribution >= 0.6 is 0 Å². The predicted octanol–water partition coefficient (Wildman–Crippen LogP) is 5.89. The zero-order valence-corrected chi connectivity index (χ0v) is 32.9. The van der Waals surface area contributed by atoms with Crippen molar-refractivity contribution in [2.45, 2.75) is 156 Å². The number of hydrogen-bond donors (Lipinski definition) is 1. The van der Waals surface area contributed by atoms with Gasteiger partial charge in [-0.3, -0.25) is 14.4 Å². The van der Waals surface area contributed by atoms with Gasteiger partial charge in [-0.2, -0.15) is 0 Å². The molecule has 1 amide bonds. The number of ether oxygens (including phenoxy) is 4. The summed E-state index contributed by atoms with van der Waals surface area (Å²) in [6, 6.07) is 3.15. The summed E-state index contributed by atoms with van der Waals surface area (Å²) in [5, 5.41) is 11.1. The molecule has 2 aromatic rings. The average Bonchev–Trinajstić information content (AvgIpc) is 3.65. The van der Waals surface area contributed by atoms with Gasteiger partial charge in [0.15, 0.2) is 23.3 Å². The summed E-state index contributed by atoms with van der Waals surface area (Å²) in [7, 11) is 0. The van der Waals surface area contributed by atoms with Crippen LogP contribution < -0.4 is 0 Å². The lowest BCUT2D eigenvalue weighted by Gasteiger charge is -2.45. The Bertz CT molecular complexity index is 1630. The third kappa shape index (κ3) is 8.32. The molecular weight excluding hydrogens is 680 g/mol. The van der Waals surface area contributed by atoms with Crippen molar-refractivity contribution >= 4 is 34.8 Å². The van der Waals surface area contributed by atoms with E-state index in [0.29, 0.717) is 50.8 Å². The zero-order valence-electron chi connectivity index (χ0n) is 32.9. The highest BCUT2D eigenvalue weighted by Gasteiger charge is 2.59. The first kappa shape index (κ1) is 40.8. The molecule has 0 aromatic carbocycles. The van der Waals surface area contributed by atoms with Gasteiger partial charge in [-0.1, -0.05) is 48.5 Å². The number of amides is 1. The number of unbranched alkanes of at least 4 members (excludes halogenated alkanes) is 1. The van der Waals surface area contributed by atoms with Crippen LogP contribution in [-0.4, -0.2) is 97.1 Å². The van der Waals surface area contributed by atoms with Gasteiger partial charge in [-0.15, -0.1) is 0 Å². The molecule has 0 spiro atoms. The number of imidazole rings is 1. The van der Waals surface area contributed by atoms with Gasteiger partial charge < -0.3 is 33.5 Å². The third-order valence-electron chi connectivity index (χ3n) is 12.1. The SMILES string of the molecule is CC[C@H]1OC(=O)[C@H](C)C(=O)[C@H](C)[C@@H](OC2O[C@H](C)C[C@H](C)[C@H]2O)C(C)(C)C[C@@H](C)C(=O)C[C@H]2N(CCCCn3cnc4ncccc43)C(=O)O[C@]12CC. The number of Topliss-reactive ketones (excluding diaryl/α,β-unsaturated/α-hetero) is 2. The second kappa shape index (κ2) is 16.5. The van der Waals surface area contributed by atoms with Crippen molar-refractivity contribution in [2.75, 3.05) is 6.54 Å². The number of carbonyl (C=O) groups excluding carboxylic acids is 4. The highest BCUT2D eigenvalue weighted by molar-refractivity contribution is 6.00. The number of hydrogen-bond acceptors (Lipinski definition) is 11. The molecule has 3 aliphatic heterocycles. The molecule has 1 unspecified atom stereocenters. The van der Waals surface area contributed by atoms with Crippen molar-refractivity contribution in [3.63, 3.8) is 0 Å². The van der Waals surface area contributed by atoms with Crippen LogP contribution in [0.1, 0.15) is 107 Å². The minimum atomic E-state index is -1.29. The number of ketones is 2. The minimum absolute atomic E-state index is 0.0117. The van der Waals surface area contributed by atoms with Gasteiger partial charge >= 0.3 is 12.1 Å². The fraction of sp³-hybridized carbons (Fsp3) is 0.750. The molecule has 2 aromatic heterocycles. The van der Waals surface area contributed by atoms with Crippen molar-refractivity contribution in [3.05, 3.63) is 24.7 Å². The molecule has 1 N–H and O–H groups in total. The summed E-state index contributed by atoms with van der Waals surface area (Å²) in [5.41, 5.74) is -0.454. The van der Waals surface area contributed by atoms with Crippen LogP contribution in [0.25, 0.3) is 11.2 Å². The number of fused-ring (bicyclic) bond motifs is 2. The number of aliphatic hydroxyl groups excluding tert-OH is 1. The standard InChI is InChI=1S/C40H60N4O9/c1-10-31-40(11-2)30(44(38(49)53-40)18-13-12-17-43-22-42-35-28(43)15-14-16-41-35)20-29(45)24(4)21-39(8,9)34(26(6)33(47)27(7)36(48)51-31)52-37-32(46)23(3)19-25(5)50-37/h14-16,22-27,30-32,34,37,46H,10-13,17-21H2,1-9H3/t23-,24+,25+,26-,27+,30+,31+,32+,34+,37?,40-/m0/s1. The van der Waals surface area contributed by atoms with Crippen molar-refractivity contribution in [1.82, 2.24) is 19.4 Å². The van der Waals surface area contributed by atoms with E-state index in [9.17, 15) is 24.3 Å². The Kier molecular flexibility index (Phi) is 12.7. The number of rotatable bonds is 9. The van der Waals surface area contributed by atoms with E-state index < -0.39 is 71.5 Å². The van der Waals surface area contributed by atoms with Crippen LogP contribution in [0.5, 0.6) is 0 Å². The lowest BCUT2D eigenvalue weighted by molar-refractivity contribution is -0.284. The van der Waals surface area contributed by atoms with Gasteiger partial charge in [-0.25, -0.2) is 14.8 Å². The number of aryl methyl sites for hydroxylation is 1. The lowest BCUT2D eigenvalue weighted by Crippen LogP contribution is -2.56. The van der Waals surface area contributed by atoms with E-state index in [-0.39, 0.29) is 30.0 Å². The van der Waals surface area contributed by atoms with E-state index >= 15 is 0 Å². The van der Waals surface area contributed by atoms with E-state index in [1.165, 1.54) is 6.92 Å². The normalized spacial score (nSPS) is 35.8. The van der Waals surface area contributed by atoms with E-state index in [0.717, 1.165) is 11.9 Å². The summed E-state index contributed by atoms with van der Waals surface area (Å²) in [6.07, 6.45) is 2.20. The van der Waals surface area contributed by atoms with Crippen LogP contribution in [0.4, 0.5) is 4.79 Å². The highest BCUT2D eigenvalue weighted by Crippen LogP contribution is 2.44.